The summed E-state index contributed by atoms with van der Waals surface area (Å²) in [6.45, 7) is 0. The molecule has 0 saturated heterocycles. The molecule has 0 heterocycles. The molecule has 1 fully saturated rings. The van der Waals surface area contributed by atoms with Gasteiger partial charge in [0.1, 0.15) is 5.75 Å². The molecule has 0 aliphatic heterocycles. The predicted molar refractivity (Wildman–Crippen MR) is 42.9 cm³/mol. The van der Waals surface area contributed by atoms with Crippen LogP contribution in [0, 0.1) is 5.92 Å². The van der Waals surface area contributed by atoms with Gasteiger partial charge in [0.05, 0.1) is 0 Å². The summed E-state index contributed by atoms with van der Waals surface area (Å²) >= 11 is 0. The van der Waals surface area contributed by atoms with Crippen molar-refractivity contribution in [1.29, 1.82) is 0 Å². The van der Waals surface area contributed by atoms with E-state index in [0.717, 1.165) is 12.3 Å². The summed E-state index contributed by atoms with van der Waals surface area (Å²) in [5.41, 5.74) is 0. The van der Waals surface area contributed by atoms with E-state index in [2.05, 4.69) is 0 Å². The molecule has 64 valence electrons. The topological polar surface area (TPSA) is 54.4 Å². The van der Waals surface area contributed by atoms with Crippen LogP contribution in [0.3, 0.4) is 0 Å². The van der Waals surface area contributed by atoms with E-state index in [-0.39, 0.29) is 5.75 Å². The molecule has 4 heteroatoms. The summed E-state index contributed by atoms with van der Waals surface area (Å²) < 4.78 is 10.9. The van der Waals surface area contributed by atoms with Gasteiger partial charge in [0.2, 0.25) is 0 Å². The van der Waals surface area contributed by atoms with Crippen LogP contribution < -0.4 is 0 Å². The van der Waals surface area contributed by atoms with E-state index < -0.39 is 16.8 Å². The van der Waals surface area contributed by atoms with Gasteiger partial charge in [-0.2, -0.15) is 0 Å². The third kappa shape index (κ3) is 4.14. The lowest BCUT2D eigenvalue weighted by atomic mass is 10.3. The maximum atomic E-state index is 10.9. The fourth-order valence-corrected chi connectivity index (χ4v) is 1.93. The zero-order valence-corrected chi connectivity index (χ0v) is 7.10. The molecule has 1 saturated carbocycles. The Balaban J connectivity index is 2.04. The van der Waals surface area contributed by atoms with Crippen LogP contribution in [-0.2, 0) is 15.6 Å². The number of carboxylic acids is 1. The zero-order valence-electron chi connectivity index (χ0n) is 6.28. The SMILES string of the molecule is O=C(O)CS(=O)CCC1CC1. The van der Waals surface area contributed by atoms with Gasteiger partial charge in [-0.25, -0.2) is 0 Å². The normalized spacial score (nSPS) is 19.6. The van der Waals surface area contributed by atoms with Crippen molar-refractivity contribution < 1.29 is 14.1 Å². The molecule has 11 heavy (non-hydrogen) atoms. The number of hydrogen-bond acceptors (Lipinski definition) is 2. The van der Waals surface area contributed by atoms with Gasteiger partial charge in [0.25, 0.3) is 0 Å². The van der Waals surface area contributed by atoms with Crippen molar-refractivity contribution in [2.75, 3.05) is 11.5 Å². The molecule has 0 aromatic carbocycles. The highest BCUT2D eigenvalue weighted by molar-refractivity contribution is 7.85. The van der Waals surface area contributed by atoms with Crippen molar-refractivity contribution in [3.05, 3.63) is 0 Å². The van der Waals surface area contributed by atoms with E-state index in [1.54, 1.807) is 0 Å². The minimum atomic E-state index is -1.13. The van der Waals surface area contributed by atoms with Crippen LogP contribution >= 0.6 is 0 Å². The van der Waals surface area contributed by atoms with Gasteiger partial charge in [-0.1, -0.05) is 12.8 Å². The van der Waals surface area contributed by atoms with Gasteiger partial charge in [-0.05, 0) is 12.3 Å². The molecule has 0 spiro atoms. The number of hydrogen-bond donors (Lipinski definition) is 1. The van der Waals surface area contributed by atoms with Gasteiger partial charge < -0.3 is 5.11 Å². The Hall–Kier alpha value is -0.380. The lowest BCUT2D eigenvalue weighted by molar-refractivity contribution is -0.133. The molecule has 1 N–H and O–H groups in total. The van der Waals surface area contributed by atoms with Gasteiger partial charge in [-0.15, -0.1) is 0 Å². The standard InChI is InChI=1S/C7H12O3S/c8-7(9)5-11(10)4-3-6-1-2-6/h6H,1-5H2,(H,8,9). The number of carboxylic acid groups (broad SMARTS) is 1. The Kier molecular flexibility index (Phi) is 3.05. The number of aliphatic carboxylic acids is 1. The quantitative estimate of drug-likeness (QED) is 0.668. The van der Waals surface area contributed by atoms with Gasteiger partial charge >= 0.3 is 5.97 Å². The fraction of sp³-hybridized carbons (Fsp3) is 0.857. The van der Waals surface area contributed by atoms with Crippen LogP contribution in [0.25, 0.3) is 0 Å². The lowest BCUT2D eigenvalue weighted by Gasteiger charge is -1.96. The van der Waals surface area contributed by atoms with E-state index in [4.69, 9.17) is 5.11 Å². The van der Waals surface area contributed by atoms with Crippen molar-refractivity contribution >= 4 is 16.8 Å². The molecule has 3 nitrogen and oxygen atoms in total. The Labute approximate surface area is 68.3 Å². The third-order valence-electron chi connectivity index (χ3n) is 1.74. The Morgan fingerprint density at radius 3 is 2.64 bits per heavy atom. The van der Waals surface area contributed by atoms with E-state index in [1.165, 1.54) is 12.8 Å². The van der Waals surface area contributed by atoms with E-state index in [1.807, 2.05) is 0 Å². The average molecular weight is 176 g/mol. The monoisotopic (exact) mass is 176 g/mol. The highest BCUT2D eigenvalue weighted by Crippen LogP contribution is 2.32. The van der Waals surface area contributed by atoms with E-state index in [9.17, 15) is 9.00 Å². The summed E-state index contributed by atoms with van der Waals surface area (Å²) in [6, 6.07) is 0. The molecule has 0 aromatic heterocycles. The minimum absolute atomic E-state index is 0.188. The van der Waals surface area contributed by atoms with E-state index in [0.29, 0.717) is 5.75 Å². The highest BCUT2D eigenvalue weighted by Gasteiger charge is 2.21. The maximum absolute atomic E-state index is 10.9. The number of rotatable bonds is 5. The second kappa shape index (κ2) is 3.85. The van der Waals surface area contributed by atoms with E-state index >= 15 is 0 Å². The first kappa shape index (κ1) is 8.71. The van der Waals surface area contributed by atoms with Crippen molar-refractivity contribution in [1.82, 2.24) is 0 Å². The second-order valence-corrected chi connectivity index (χ2v) is 4.49. The summed E-state index contributed by atoms with van der Waals surface area (Å²) in [5.74, 6) is 0.163. The third-order valence-corrected chi connectivity index (χ3v) is 3.00. The molecule has 1 atom stereocenters. The van der Waals surface area contributed by atoms with Crippen molar-refractivity contribution in [2.45, 2.75) is 19.3 Å². The van der Waals surface area contributed by atoms with Crippen LogP contribution in [0.1, 0.15) is 19.3 Å². The lowest BCUT2D eigenvalue weighted by Crippen LogP contribution is -2.12. The van der Waals surface area contributed by atoms with Gasteiger partial charge in [-0.3, -0.25) is 9.00 Å². The summed E-state index contributed by atoms with van der Waals surface area (Å²) in [7, 11) is -1.13. The second-order valence-electron chi connectivity index (χ2n) is 2.91. The first-order valence-electron chi connectivity index (χ1n) is 3.75. The smallest absolute Gasteiger partial charge is 0.316 e. The molecule has 1 rings (SSSR count). The van der Waals surface area contributed by atoms with Crippen LogP contribution in [0.4, 0.5) is 0 Å². The fourth-order valence-electron chi connectivity index (χ4n) is 0.915. The first-order valence-corrected chi connectivity index (χ1v) is 5.24. The Bertz CT molecular complexity index is 175. The average Bonchev–Trinajstić information content (AvgIpc) is 2.63. The molecule has 0 amide bonds. The van der Waals surface area contributed by atoms with Crippen LogP contribution in [0.5, 0.6) is 0 Å². The molecule has 1 aliphatic rings. The summed E-state index contributed by atoms with van der Waals surface area (Å²) in [4.78, 5) is 10.1. The molecular weight excluding hydrogens is 164 g/mol. The van der Waals surface area contributed by atoms with Crippen LogP contribution in [0.2, 0.25) is 0 Å². The zero-order chi connectivity index (χ0) is 8.27. The predicted octanol–water partition coefficient (Wildman–Crippen LogP) is 0.620. The molecule has 0 aromatic rings. The van der Waals surface area contributed by atoms with Crippen molar-refractivity contribution in [3.8, 4) is 0 Å². The van der Waals surface area contributed by atoms with Crippen molar-refractivity contribution in [3.63, 3.8) is 0 Å². The molecule has 0 bridgehead atoms. The van der Waals surface area contributed by atoms with Crippen LogP contribution in [-0.4, -0.2) is 26.8 Å². The highest BCUT2D eigenvalue weighted by atomic mass is 32.2. The first-order chi connectivity index (χ1) is 5.18. The number of carbonyl (C=O) groups is 1. The summed E-state index contributed by atoms with van der Waals surface area (Å²) in [6.07, 6.45) is 3.43. The van der Waals surface area contributed by atoms with Crippen molar-refractivity contribution in [2.24, 2.45) is 5.92 Å². The molecular formula is C7H12O3S. The minimum Gasteiger partial charge on any atom is -0.481 e. The Morgan fingerprint density at radius 2 is 2.18 bits per heavy atom. The molecule has 0 radical (unpaired) electrons. The van der Waals surface area contributed by atoms with Crippen LogP contribution in [0.15, 0.2) is 0 Å². The van der Waals surface area contributed by atoms with Gasteiger partial charge in [0, 0.05) is 16.6 Å². The summed E-state index contributed by atoms with van der Waals surface area (Å²) in [5, 5.41) is 8.27. The maximum Gasteiger partial charge on any atom is 0.316 e. The molecule has 1 unspecified atom stereocenters. The van der Waals surface area contributed by atoms with Gasteiger partial charge in [0.15, 0.2) is 0 Å². The largest absolute Gasteiger partial charge is 0.481 e. The Morgan fingerprint density at radius 1 is 1.55 bits per heavy atom. The molecule has 1 aliphatic carbocycles.